The highest BCUT2D eigenvalue weighted by molar-refractivity contribution is 5.46. The van der Waals surface area contributed by atoms with Crippen LogP contribution in [0.3, 0.4) is 0 Å². The molecule has 0 unspecified atom stereocenters. The Morgan fingerprint density at radius 1 is 1.00 bits per heavy atom. The monoisotopic (exact) mass is 237 g/mol. The van der Waals surface area contributed by atoms with E-state index in [0.29, 0.717) is 0 Å². The zero-order valence-corrected chi connectivity index (χ0v) is 11.6. The van der Waals surface area contributed by atoms with Gasteiger partial charge in [-0.15, -0.1) is 0 Å². The van der Waals surface area contributed by atoms with E-state index >= 15 is 0 Å². The Hall–Kier alpha value is -0.990. The number of rotatable bonds is 8. The van der Waals surface area contributed by atoms with Crippen LogP contribution in [0.1, 0.15) is 63.3 Å². The van der Waals surface area contributed by atoms with Gasteiger partial charge in [-0.2, -0.15) is 5.10 Å². The summed E-state index contributed by atoms with van der Waals surface area (Å²) in [6, 6.07) is 0. The molecule has 0 saturated heterocycles. The summed E-state index contributed by atoms with van der Waals surface area (Å²) in [7, 11) is 0. The van der Waals surface area contributed by atoms with Gasteiger partial charge in [0, 0.05) is 6.54 Å². The molecule has 1 heterocycles. The Bertz CT molecular complexity index is 328. The molecular weight excluding hydrogens is 210 g/mol. The molecular formula is C14H27N3. The molecule has 0 saturated carbocycles. The van der Waals surface area contributed by atoms with Gasteiger partial charge in [0.2, 0.25) is 0 Å². The van der Waals surface area contributed by atoms with Crippen molar-refractivity contribution in [3.8, 4) is 0 Å². The molecule has 2 N–H and O–H groups in total. The van der Waals surface area contributed by atoms with Crippen LogP contribution in [0.15, 0.2) is 0 Å². The Morgan fingerprint density at radius 3 is 2.12 bits per heavy atom. The van der Waals surface area contributed by atoms with Crippen LogP contribution in [0, 0.1) is 13.8 Å². The van der Waals surface area contributed by atoms with E-state index in [9.17, 15) is 0 Å². The molecule has 1 aromatic rings. The van der Waals surface area contributed by atoms with Gasteiger partial charge in [-0.3, -0.25) is 4.68 Å². The number of nitrogens with two attached hydrogens (primary N) is 1. The molecule has 1 rings (SSSR count). The summed E-state index contributed by atoms with van der Waals surface area (Å²) in [5.74, 6) is 0. The van der Waals surface area contributed by atoms with Crippen molar-refractivity contribution in [2.24, 2.45) is 0 Å². The van der Waals surface area contributed by atoms with E-state index in [1.54, 1.807) is 0 Å². The molecule has 0 atom stereocenters. The van der Waals surface area contributed by atoms with Crippen molar-refractivity contribution in [3.05, 3.63) is 11.4 Å². The number of hydrogen-bond acceptors (Lipinski definition) is 2. The predicted molar refractivity (Wildman–Crippen MR) is 74.1 cm³/mol. The quantitative estimate of drug-likeness (QED) is 0.698. The molecule has 17 heavy (non-hydrogen) atoms. The van der Waals surface area contributed by atoms with E-state index in [1.165, 1.54) is 44.9 Å². The Balaban J connectivity index is 2.16. The number of unbranched alkanes of at least 4 members (excludes halogenated alkanes) is 6. The maximum Gasteiger partial charge on any atom is 0.0825 e. The van der Waals surface area contributed by atoms with E-state index in [-0.39, 0.29) is 0 Å². The molecule has 0 fully saturated rings. The van der Waals surface area contributed by atoms with Crippen molar-refractivity contribution in [3.63, 3.8) is 0 Å². The number of aryl methyl sites for hydroxylation is 2. The molecule has 0 spiro atoms. The van der Waals surface area contributed by atoms with Crippen LogP contribution >= 0.6 is 0 Å². The third kappa shape index (κ3) is 4.41. The largest absolute Gasteiger partial charge is 0.396 e. The van der Waals surface area contributed by atoms with Crippen molar-refractivity contribution in [1.29, 1.82) is 0 Å². The topological polar surface area (TPSA) is 43.8 Å². The Labute approximate surface area is 105 Å². The molecule has 98 valence electrons. The summed E-state index contributed by atoms with van der Waals surface area (Å²) in [4.78, 5) is 0. The summed E-state index contributed by atoms with van der Waals surface area (Å²) in [5.41, 5.74) is 8.84. The van der Waals surface area contributed by atoms with Gasteiger partial charge in [0.15, 0.2) is 0 Å². The lowest BCUT2D eigenvalue weighted by molar-refractivity contribution is 0.514. The van der Waals surface area contributed by atoms with Gasteiger partial charge in [-0.05, 0) is 20.3 Å². The highest BCUT2D eigenvalue weighted by Crippen LogP contribution is 2.16. The Kier molecular flexibility index (Phi) is 6.09. The van der Waals surface area contributed by atoms with Gasteiger partial charge in [0.1, 0.15) is 0 Å². The molecule has 0 aliphatic carbocycles. The zero-order chi connectivity index (χ0) is 12.7. The normalized spacial score (nSPS) is 11.0. The van der Waals surface area contributed by atoms with Gasteiger partial charge in [0.25, 0.3) is 0 Å². The number of hydrogen-bond donors (Lipinski definition) is 1. The average Bonchev–Trinajstić information content (AvgIpc) is 2.56. The third-order valence-corrected chi connectivity index (χ3v) is 3.41. The van der Waals surface area contributed by atoms with Gasteiger partial charge in [-0.1, -0.05) is 45.4 Å². The summed E-state index contributed by atoms with van der Waals surface area (Å²) in [6.45, 7) is 7.30. The molecule has 0 radical (unpaired) electrons. The fourth-order valence-corrected chi connectivity index (χ4v) is 2.15. The van der Waals surface area contributed by atoms with Crippen LogP contribution in [0.4, 0.5) is 5.69 Å². The molecule has 3 heteroatoms. The SMILES string of the molecule is CCCCCCCCCn1nc(C)c(N)c1C. The van der Waals surface area contributed by atoms with Crippen LogP contribution in [-0.2, 0) is 6.54 Å². The van der Waals surface area contributed by atoms with Gasteiger partial charge in [-0.25, -0.2) is 0 Å². The van der Waals surface area contributed by atoms with Gasteiger partial charge >= 0.3 is 0 Å². The predicted octanol–water partition coefficient (Wildman–Crippen LogP) is 3.83. The second kappa shape index (κ2) is 7.36. The van der Waals surface area contributed by atoms with Crippen LogP contribution in [0.5, 0.6) is 0 Å². The molecule has 0 aromatic carbocycles. The molecule has 0 aliphatic rings. The third-order valence-electron chi connectivity index (χ3n) is 3.41. The molecule has 0 amide bonds. The molecule has 0 aliphatic heterocycles. The first-order valence-electron chi connectivity index (χ1n) is 6.96. The van der Waals surface area contributed by atoms with Crippen molar-refractivity contribution in [2.75, 3.05) is 5.73 Å². The lowest BCUT2D eigenvalue weighted by atomic mass is 10.1. The molecule has 0 bridgehead atoms. The van der Waals surface area contributed by atoms with Crippen LogP contribution in [0.25, 0.3) is 0 Å². The fourth-order valence-electron chi connectivity index (χ4n) is 2.15. The first-order chi connectivity index (χ1) is 8.16. The maximum absolute atomic E-state index is 5.90. The Morgan fingerprint density at radius 2 is 1.59 bits per heavy atom. The standard InChI is InChI=1S/C14H27N3/c1-4-5-6-7-8-9-10-11-17-13(3)14(15)12(2)16-17/h4-11,15H2,1-3H3. The summed E-state index contributed by atoms with van der Waals surface area (Å²) >= 11 is 0. The van der Waals surface area contributed by atoms with Crippen molar-refractivity contribution in [2.45, 2.75) is 72.3 Å². The minimum atomic E-state index is 0.855. The lowest BCUT2D eigenvalue weighted by Gasteiger charge is -2.04. The second-order valence-corrected chi connectivity index (χ2v) is 4.93. The average molecular weight is 237 g/mol. The highest BCUT2D eigenvalue weighted by atomic mass is 15.3. The van der Waals surface area contributed by atoms with Crippen LogP contribution in [-0.4, -0.2) is 9.78 Å². The lowest BCUT2D eigenvalue weighted by Crippen LogP contribution is -2.03. The molecule has 1 aromatic heterocycles. The summed E-state index contributed by atoms with van der Waals surface area (Å²) in [5, 5.41) is 4.45. The fraction of sp³-hybridized carbons (Fsp3) is 0.786. The van der Waals surface area contributed by atoms with E-state index in [2.05, 4.69) is 23.6 Å². The van der Waals surface area contributed by atoms with Gasteiger partial charge in [0.05, 0.1) is 17.1 Å². The van der Waals surface area contributed by atoms with Crippen molar-refractivity contribution < 1.29 is 0 Å². The number of aromatic nitrogens is 2. The van der Waals surface area contributed by atoms with E-state index in [4.69, 9.17) is 5.73 Å². The second-order valence-electron chi connectivity index (χ2n) is 4.93. The first kappa shape index (κ1) is 14.1. The van der Waals surface area contributed by atoms with E-state index < -0.39 is 0 Å². The highest BCUT2D eigenvalue weighted by Gasteiger charge is 2.06. The summed E-state index contributed by atoms with van der Waals surface area (Å²) < 4.78 is 2.05. The van der Waals surface area contributed by atoms with Crippen LogP contribution < -0.4 is 5.73 Å². The number of nitrogens with zero attached hydrogens (tertiary/aromatic N) is 2. The molecule has 3 nitrogen and oxygen atoms in total. The summed E-state index contributed by atoms with van der Waals surface area (Å²) in [6.07, 6.45) is 9.36. The van der Waals surface area contributed by atoms with E-state index in [1.807, 2.05) is 6.92 Å². The van der Waals surface area contributed by atoms with E-state index in [0.717, 1.165) is 23.6 Å². The van der Waals surface area contributed by atoms with Crippen molar-refractivity contribution >= 4 is 5.69 Å². The smallest absolute Gasteiger partial charge is 0.0825 e. The first-order valence-corrected chi connectivity index (χ1v) is 6.96. The number of anilines is 1. The van der Waals surface area contributed by atoms with Gasteiger partial charge < -0.3 is 5.73 Å². The minimum Gasteiger partial charge on any atom is -0.396 e. The number of nitrogen functional groups attached to an aromatic ring is 1. The maximum atomic E-state index is 5.90. The minimum absolute atomic E-state index is 0.855. The van der Waals surface area contributed by atoms with Crippen LogP contribution in [0.2, 0.25) is 0 Å². The zero-order valence-electron chi connectivity index (χ0n) is 11.6. The van der Waals surface area contributed by atoms with Crippen molar-refractivity contribution in [1.82, 2.24) is 9.78 Å².